The van der Waals surface area contributed by atoms with Gasteiger partial charge in [-0.1, -0.05) is 43.6 Å². The number of nitrogens with zero attached hydrogens (tertiary/aromatic N) is 6. The van der Waals surface area contributed by atoms with Gasteiger partial charge in [0.2, 0.25) is 5.91 Å². The largest absolute Gasteiger partial charge is 0.397 e. The Bertz CT molecular complexity index is 1920. The fourth-order valence-corrected chi connectivity index (χ4v) is 6.40. The Labute approximate surface area is 261 Å². The van der Waals surface area contributed by atoms with Gasteiger partial charge in [-0.3, -0.25) is 9.78 Å². The Hall–Kier alpha value is -4.29. The summed E-state index contributed by atoms with van der Waals surface area (Å²) in [6.07, 6.45) is 2.88. The Balaban J connectivity index is 1.74. The number of hydrogen-bond donors (Lipinski definition) is 2. The summed E-state index contributed by atoms with van der Waals surface area (Å²) in [7, 11) is 0. The number of carbonyl (C=O) groups is 1. The van der Waals surface area contributed by atoms with E-state index < -0.39 is 28.6 Å². The lowest BCUT2D eigenvalue weighted by Crippen LogP contribution is -2.57. The van der Waals surface area contributed by atoms with E-state index in [-0.39, 0.29) is 69.2 Å². The summed E-state index contributed by atoms with van der Waals surface area (Å²) >= 11 is 12.4. The first kappa shape index (κ1) is 29.8. The second-order valence-electron chi connectivity index (χ2n) is 11.1. The highest BCUT2D eigenvalue weighted by atomic mass is 35.5. The van der Waals surface area contributed by atoms with Crippen molar-refractivity contribution in [3.05, 3.63) is 74.4 Å². The number of benzene rings is 1. The molecule has 1 saturated heterocycles. The van der Waals surface area contributed by atoms with Crippen LogP contribution in [0.2, 0.25) is 10.0 Å². The van der Waals surface area contributed by atoms with Crippen LogP contribution < -0.4 is 21.6 Å². The third-order valence-corrected chi connectivity index (χ3v) is 8.66. The molecule has 3 N–H and O–H groups in total. The van der Waals surface area contributed by atoms with Crippen molar-refractivity contribution in [1.29, 1.82) is 0 Å². The first-order valence-corrected chi connectivity index (χ1v) is 14.7. The fourth-order valence-electron chi connectivity index (χ4n) is 5.94. The highest BCUT2D eigenvalue weighted by molar-refractivity contribution is 6.37. The molecule has 10 nitrogen and oxygen atoms in total. The normalized spacial score (nSPS) is 16.1. The molecule has 1 atom stereocenters. The van der Waals surface area contributed by atoms with Crippen molar-refractivity contribution in [2.75, 3.05) is 42.1 Å². The first-order chi connectivity index (χ1) is 20.9. The lowest BCUT2D eigenvalue weighted by molar-refractivity contribution is -0.126. The van der Waals surface area contributed by atoms with Gasteiger partial charge >= 0.3 is 5.69 Å². The molecular weight excluding hydrogens is 613 g/mol. The van der Waals surface area contributed by atoms with E-state index in [2.05, 4.69) is 26.8 Å². The second-order valence-corrected chi connectivity index (χ2v) is 11.9. The Morgan fingerprint density at radius 1 is 1.20 bits per heavy atom. The van der Waals surface area contributed by atoms with Crippen LogP contribution in [0, 0.1) is 18.6 Å². The van der Waals surface area contributed by atoms with Crippen molar-refractivity contribution >= 4 is 57.3 Å². The average Bonchev–Trinajstić information content (AvgIpc) is 3.15. The molecule has 1 amide bonds. The molecule has 0 bridgehead atoms. The molecule has 5 heterocycles. The number of pyridine rings is 2. The molecule has 0 saturated carbocycles. The summed E-state index contributed by atoms with van der Waals surface area (Å²) in [6.45, 7) is 10.3. The summed E-state index contributed by atoms with van der Waals surface area (Å²) in [5.74, 6) is -2.10. The van der Waals surface area contributed by atoms with Crippen LogP contribution in [-0.4, -0.2) is 62.5 Å². The van der Waals surface area contributed by atoms with Crippen molar-refractivity contribution in [2.24, 2.45) is 0 Å². The molecule has 44 heavy (non-hydrogen) atoms. The lowest BCUT2D eigenvalue weighted by Gasteiger charge is -2.41. The Kier molecular flexibility index (Phi) is 7.45. The number of amides is 1. The molecule has 14 heteroatoms. The molecule has 1 aromatic carbocycles. The van der Waals surface area contributed by atoms with Crippen LogP contribution in [0.3, 0.4) is 0 Å². The van der Waals surface area contributed by atoms with Gasteiger partial charge < -0.3 is 20.9 Å². The van der Waals surface area contributed by atoms with E-state index in [1.54, 1.807) is 17.2 Å². The van der Waals surface area contributed by atoms with Gasteiger partial charge in [0.05, 0.1) is 49.8 Å². The molecule has 4 aromatic rings. The Morgan fingerprint density at radius 3 is 2.66 bits per heavy atom. The summed E-state index contributed by atoms with van der Waals surface area (Å²) in [4.78, 5) is 43.6. The monoisotopic (exact) mass is 640 g/mol. The number of aryl methyl sites for hydroxylation is 1. The number of nitrogen functional groups attached to an aromatic ring is 1. The van der Waals surface area contributed by atoms with Crippen molar-refractivity contribution < 1.29 is 13.6 Å². The molecule has 6 rings (SSSR count). The minimum absolute atomic E-state index is 0.0112. The zero-order valence-corrected chi connectivity index (χ0v) is 25.6. The highest BCUT2D eigenvalue weighted by Gasteiger charge is 2.37. The summed E-state index contributed by atoms with van der Waals surface area (Å²) in [6, 6.07) is 2.49. The number of nitrogens with one attached hydrogen (secondary N) is 1. The average molecular weight is 642 g/mol. The highest BCUT2D eigenvalue weighted by Crippen LogP contribution is 2.44. The predicted molar refractivity (Wildman–Crippen MR) is 168 cm³/mol. The fraction of sp³-hybridized carbons (Fsp3) is 0.300. The minimum Gasteiger partial charge on any atom is -0.397 e. The van der Waals surface area contributed by atoms with E-state index in [9.17, 15) is 9.59 Å². The van der Waals surface area contributed by atoms with Gasteiger partial charge in [-0.15, -0.1) is 0 Å². The number of nitrogens with two attached hydrogens (primary N) is 1. The van der Waals surface area contributed by atoms with Crippen LogP contribution in [0.5, 0.6) is 0 Å². The van der Waals surface area contributed by atoms with Gasteiger partial charge in [0.15, 0.2) is 17.3 Å². The van der Waals surface area contributed by atoms with E-state index in [0.29, 0.717) is 30.0 Å². The first-order valence-electron chi connectivity index (χ1n) is 13.9. The van der Waals surface area contributed by atoms with Crippen LogP contribution in [0.4, 0.5) is 26.0 Å². The molecule has 228 valence electrons. The van der Waals surface area contributed by atoms with Crippen molar-refractivity contribution in [2.45, 2.75) is 32.7 Å². The van der Waals surface area contributed by atoms with Crippen LogP contribution in [0.25, 0.3) is 28.0 Å². The minimum atomic E-state index is -1.01. The third-order valence-electron chi connectivity index (χ3n) is 8.07. The van der Waals surface area contributed by atoms with Crippen LogP contribution >= 0.6 is 23.2 Å². The number of aromatic nitrogens is 4. The summed E-state index contributed by atoms with van der Waals surface area (Å²) in [5.41, 5.74) is 5.98. The molecule has 3 aromatic heterocycles. The maximum Gasteiger partial charge on any atom is 0.355 e. The summed E-state index contributed by atoms with van der Waals surface area (Å²) in [5, 5.41) is 2.89. The molecular formula is C30H28Cl2F2N8O2. The topological polar surface area (TPSA) is 122 Å². The molecule has 0 radical (unpaired) electrons. The maximum atomic E-state index is 16.7. The number of fused-ring (bicyclic) bond motifs is 2. The third kappa shape index (κ3) is 4.55. The maximum absolute atomic E-state index is 16.7. The van der Waals surface area contributed by atoms with Crippen LogP contribution in [-0.2, 0) is 4.79 Å². The van der Waals surface area contributed by atoms with E-state index in [1.807, 2.05) is 25.7 Å². The van der Waals surface area contributed by atoms with Crippen LogP contribution in [0.15, 0.2) is 35.8 Å². The van der Waals surface area contributed by atoms with Gasteiger partial charge in [-0.25, -0.2) is 23.1 Å². The van der Waals surface area contributed by atoms with Gasteiger partial charge in [-0.2, -0.15) is 4.98 Å². The zero-order chi connectivity index (χ0) is 31.6. The number of rotatable bonds is 4. The Morgan fingerprint density at radius 2 is 1.95 bits per heavy atom. The smallest absolute Gasteiger partial charge is 0.355 e. The quantitative estimate of drug-likeness (QED) is 0.180. The molecule has 2 aliphatic rings. The SMILES string of the molecule is C=CC(=O)N1CCN2c3nc(=O)n(-c4c(C)ccnc4C(C)C)c4nc(-c5c(N)c(Cl)cc(Cl)c5F)c(F)c(c34)NCC2C1. The molecule has 1 fully saturated rings. The zero-order valence-electron chi connectivity index (χ0n) is 24.1. The van der Waals surface area contributed by atoms with E-state index in [0.717, 1.165) is 6.07 Å². The predicted octanol–water partition coefficient (Wildman–Crippen LogP) is 5.07. The number of anilines is 3. The molecule has 0 aliphatic carbocycles. The van der Waals surface area contributed by atoms with Crippen molar-refractivity contribution in [3.63, 3.8) is 0 Å². The van der Waals surface area contributed by atoms with Crippen LogP contribution in [0.1, 0.15) is 31.0 Å². The van der Waals surface area contributed by atoms with E-state index in [4.69, 9.17) is 28.9 Å². The molecule has 2 aliphatic heterocycles. The summed E-state index contributed by atoms with van der Waals surface area (Å²) < 4.78 is 33.6. The van der Waals surface area contributed by atoms with Gasteiger partial charge in [-0.05, 0) is 36.6 Å². The lowest BCUT2D eigenvalue weighted by atomic mass is 10.0. The number of carbonyl (C=O) groups excluding carboxylic acids is 1. The van der Waals surface area contributed by atoms with Gasteiger partial charge in [0, 0.05) is 32.4 Å². The van der Waals surface area contributed by atoms with Gasteiger partial charge in [0.1, 0.15) is 11.5 Å². The standard InChI is InChI=1S/C30H28Cl2F2N8O2/c1-5-18(43)40-8-9-41-15(12-40)11-37-25-20-28(41)39-30(44)42(27-14(4)6-7-36-24(27)13(2)3)29(20)38-26(22(25)34)19-21(33)16(31)10-17(32)23(19)35/h5-7,10,13,15,37H,1,8-9,11-12,35H2,2-4H3. The molecule has 1 unspecified atom stereocenters. The second kappa shape index (κ2) is 11.0. The number of piperazine rings is 1. The van der Waals surface area contributed by atoms with Crippen molar-refractivity contribution in [3.8, 4) is 16.9 Å². The van der Waals surface area contributed by atoms with E-state index in [1.165, 1.54) is 10.6 Å². The molecule has 0 spiro atoms. The number of halogens is 4. The van der Waals surface area contributed by atoms with E-state index >= 15 is 8.78 Å². The number of hydrogen-bond acceptors (Lipinski definition) is 8. The van der Waals surface area contributed by atoms with Gasteiger partial charge in [0.25, 0.3) is 0 Å². The van der Waals surface area contributed by atoms with Crippen molar-refractivity contribution in [1.82, 2.24) is 24.4 Å².